The van der Waals surface area contributed by atoms with Crippen LogP contribution in [-0.4, -0.2) is 26.6 Å². The smallest absolute Gasteiger partial charge is 0.251 e. The summed E-state index contributed by atoms with van der Waals surface area (Å²) in [5, 5.41) is 3.03. The summed E-state index contributed by atoms with van der Waals surface area (Å²) in [5.74, 6) is -0.158. The Morgan fingerprint density at radius 1 is 1.23 bits per heavy atom. The van der Waals surface area contributed by atoms with Gasteiger partial charge in [-0.25, -0.2) is 8.42 Å². The van der Waals surface area contributed by atoms with E-state index in [9.17, 15) is 13.2 Å². The number of hydrogen-bond acceptors (Lipinski definition) is 3. The van der Waals surface area contributed by atoms with E-state index < -0.39 is 10.0 Å². The predicted octanol–water partition coefficient (Wildman–Crippen LogP) is 3.20. The highest BCUT2D eigenvalue weighted by Crippen LogP contribution is 2.34. The van der Waals surface area contributed by atoms with Crippen molar-refractivity contribution in [1.82, 2.24) is 5.32 Å². The topological polar surface area (TPSA) is 66.5 Å². The molecule has 1 aliphatic heterocycles. The van der Waals surface area contributed by atoms with Gasteiger partial charge in [-0.05, 0) is 62.1 Å². The van der Waals surface area contributed by atoms with Gasteiger partial charge in [0.1, 0.15) is 0 Å². The number of nitrogens with zero attached hydrogens (tertiary/aromatic N) is 1. The minimum Gasteiger partial charge on any atom is -0.346 e. The molecular weight excluding hydrogens is 348 g/mol. The number of carbonyl (C=O) groups excluding carboxylic acids is 1. The Labute approximate surface area is 155 Å². The lowest BCUT2D eigenvalue weighted by Crippen LogP contribution is -2.34. The van der Waals surface area contributed by atoms with E-state index in [2.05, 4.69) is 5.32 Å². The van der Waals surface area contributed by atoms with E-state index in [0.29, 0.717) is 17.7 Å². The zero-order valence-corrected chi connectivity index (χ0v) is 16.3. The minimum absolute atomic E-state index is 0.108. The van der Waals surface area contributed by atoms with Gasteiger partial charge in [-0.15, -0.1) is 0 Å². The summed E-state index contributed by atoms with van der Waals surface area (Å²) in [6.07, 6.45) is 1.82. The van der Waals surface area contributed by atoms with Gasteiger partial charge in [-0.3, -0.25) is 9.10 Å². The third-order valence-corrected chi connectivity index (χ3v) is 6.13. The van der Waals surface area contributed by atoms with Gasteiger partial charge in [-0.1, -0.05) is 24.3 Å². The van der Waals surface area contributed by atoms with Crippen molar-refractivity contribution in [3.8, 4) is 0 Å². The molecule has 0 aromatic heterocycles. The van der Waals surface area contributed by atoms with Gasteiger partial charge in [0.15, 0.2) is 0 Å². The van der Waals surface area contributed by atoms with Crippen LogP contribution in [0.3, 0.4) is 0 Å². The summed E-state index contributed by atoms with van der Waals surface area (Å²) >= 11 is 0. The van der Waals surface area contributed by atoms with Gasteiger partial charge < -0.3 is 5.32 Å². The molecule has 2 aromatic carbocycles. The maximum absolute atomic E-state index is 12.7. The van der Waals surface area contributed by atoms with Crippen LogP contribution in [0.5, 0.6) is 0 Å². The van der Waals surface area contributed by atoms with Crippen molar-refractivity contribution >= 4 is 21.6 Å². The Bertz CT molecular complexity index is 953. The Morgan fingerprint density at radius 3 is 2.58 bits per heavy atom. The molecular formula is C20H24N2O3S. The molecule has 5 nitrogen and oxygen atoms in total. The zero-order valence-electron chi connectivity index (χ0n) is 15.5. The number of carbonyl (C=O) groups is 1. The van der Waals surface area contributed by atoms with Gasteiger partial charge in [0.05, 0.1) is 18.0 Å². The number of nitrogens with one attached hydrogen (secondary N) is 1. The second kappa shape index (κ2) is 6.76. The van der Waals surface area contributed by atoms with Crippen LogP contribution >= 0.6 is 0 Å². The van der Waals surface area contributed by atoms with Gasteiger partial charge in [0.25, 0.3) is 5.91 Å². The Kier molecular flexibility index (Phi) is 4.80. The van der Waals surface area contributed by atoms with E-state index in [1.165, 1.54) is 10.6 Å². The molecule has 3 rings (SSSR count). The molecule has 0 bridgehead atoms. The number of hydrogen-bond donors (Lipinski definition) is 1. The Hall–Kier alpha value is -2.34. The largest absolute Gasteiger partial charge is 0.346 e. The molecule has 1 heterocycles. The molecule has 138 valence electrons. The van der Waals surface area contributed by atoms with E-state index in [-0.39, 0.29) is 18.0 Å². The number of aryl methyl sites for hydroxylation is 1. The summed E-state index contributed by atoms with van der Waals surface area (Å²) in [6, 6.07) is 12.9. The third kappa shape index (κ3) is 3.46. The van der Waals surface area contributed by atoms with Gasteiger partial charge >= 0.3 is 0 Å². The number of amides is 1. The summed E-state index contributed by atoms with van der Waals surface area (Å²) in [5.41, 5.74) is 4.32. The van der Waals surface area contributed by atoms with Crippen LogP contribution in [0.15, 0.2) is 42.5 Å². The van der Waals surface area contributed by atoms with Gasteiger partial charge in [-0.2, -0.15) is 0 Å². The normalized spacial score (nSPS) is 17.7. The first kappa shape index (κ1) is 18.5. The molecule has 0 fully saturated rings. The van der Waals surface area contributed by atoms with Gasteiger partial charge in [0, 0.05) is 11.6 Å². The molecule has 0 aliphatic carbocycles. The summed E-state index contributed by atoms with van der Waals surface area (Å²) in [4.78, 5) is 12.7. The summed E-state index contributed by atoms with van der Waals surface area (Å²) in [7, 11) is -3.33. The van der Waals surface area contributed by atoms with Crippen LogP contribution in [0.4, 0.5) is 5.69 Å². The Morgan fingerprint density at radius 2 is 1.92 bits per heavy atom. The van der Waals surface area contributed by atoms with Crippen LogP contribution in [0.1, 0.15) is 46.9 Å². The standard InChI is InChI=1S/C20H24N2O3S/c1-13-7-5-6-8-18(13)15(3)21-20(23)16-9-10-19-17(12-16)11-14(2)22(19)26(4,24)25/h5-10,12,14-15H,11H2,1-4H3,(H,21,23). The van der Waals surface area contributed by atoms with Crippen molar-refractivity contribution in [3.63, 3.8) is 0 Å². The van der Waals surface area contributed by atoms with Crippen LogP contribution in [0.2, 0.25) is 0 Å². The first-order valence-electron chi connectivity index (χ1n) is 8.67. The Balaban J connectivity index is 1.82. The highest BCUT2D eigenvalue weighted by atomic mass is 32.2. The molecule has 0 saturated heterocycles. The van der Waals surface area contributed by atoms with Crippen molar-refractivity contribution in [2.24, 2.45) is 0 Å². The molecule has 0 spiro atoms. The minimum atomic E-state index is -3.33. The fourth-order valence-corrected chi connectivity index (χ4v) is 4.94. The van der Waals surface area contributed by atoms with E-state index in [4.69, 9.17) is 0 Å². The SMILES string of the molecule is Cc1ccccc1C(C)NC(=O)c1ccc2c(c1)CC(C)N2S(C)(=O)=O. The van der Waals surface area contributed by atoms with Crippen molar-refractivity contribution in [1.29, 1.82) is 0 Å². The number of benzene rings is 2. The fourth-order valence-electron chi connectivity index (χ4n) is 3.68. The maximum Gasteiger partial charge on any atom is 0.251 e. The van der Waals surface area contributed by atoms with Crippen molar-refractivity contribution in [2.45, 2.75) is 39.3 Å². The van der Waals surface area contributed by atoms with E-state index in [0.717, 1.165) is 16.7 Å². The van der Waals surface area contributed by atoms with E-state index >= 15 is 0 Å². The van der Waals surface area contributed by atoms with Crippen molar-refractivity contribution in [3.05, 3.63) is 64.7 Å². The average Bonchev–Trinajstić information content (AvgIpc) is 2.89. The molecule has 2 atom stereocenters. The first-order valence-corrected chi connectivity index (χ1v) is 10.5. The molecule has 1 N–H and O–H groups in total. The molecule has 1 amide bonds. The van der Waals surface area contributed by atoms with Crippen LogP contribution < -0.4 is 9.62 Å². The molecule has 0 radical (unpaired) electrons. The van der Waals surface area contributed by atoms with Crippen LogP contribution in [0.25, 0.3) is 0 Å². The monoisotopic (exact) mass is 372 g/mol. The van der Waals surface area contributed by atoms with Crippen molar-refractivity contribution in [2.75, 3.05) is 10.6 Å². The molecule has 1 aliphatic rings. The maximum atomic E-state index is 12.7. The second-order valence-corrected chi connectivity index (χ2v) is 8.87. The first-order chi connectivity index (χ1) is 12.2. The molecule has 0 saturated carbocycles. The summed E-state index contributed by atoms with van der Waals surface area (Å²) in [6.45, 7) is 5.86. The average molecular weight is 372 g/mol. The van der Waals surface area contributed by atoms with Gasteiger partial charge in [0.2, 0.25) is 10.0 Å². The predicted molar refractivity (Wildman–Crippen MR) is 104 cm³/mol. The summed E-state index contributed by atoms with van der Waals surface area (Å²) < 4.78 is 25.4. The quantitative estimate of drug-likeness (QED) is 0.896. The lowest BCUT2D eigenvalue weighted by Gasteiger charge is -2.22. The second-order valence-electron chi connectivity index (χ2n) is 7.01. The van der Waals surface area contributed by atoms with E-state index in [1.54, 1.807) is 18.2 Å². The lowest BCUT2D eigenvalue weighted by molar-refractivity contribution is 0.0939. The highest BCUT2D eigenvalue weighted by molar-refractivity contribution is 7.92. The molecule has 2 aromatic rings. The molecule has 6 heteroatoms. The zero-order chi connectivity index (χ0) is 19.1. The van der Waals surface area contributed by atoms with Crippen molar-refractivity contribution < 1.29 is 13.2 Å². The molecule has 26 heavy (non-hydrogen) atoms. The lowest BCUT2D eigenvalue weighted by atomic mass is 10.0. The molecule has 2 unspecified atom stereocenters. The highest BCUT2D eigenvalue weighted by Gasteiger charge is 2.32. The number of rotatable bonds is 4. The number of fused-ring (bicyclic) bond motifs is 1. The van der Waals surface area contributed by atoms with Crippen LogP contribution in [-0.2, 0) is 16.4 Å². The van der Waals surface area contributed by atoms with Crippen LogP contribution in [0, 0.1) is 6.92 Å². The fraction of sp³-hybridized carbons (Fsp3) is 0.350. The third-order valence-electron chi connectivity index (χ3n) is 4.85. The van der Waals surface area contributed by atoms with E-state index in [1.807, 2.05) is 45.0 Å². The number of sulfonamides is 1. The number of anilines is 1.